The minimum Gasteiger partial charge on any atom is -0.354 e. The molecule has 0 aliphatic carbocycles. The van der Waals surface area contributed by atoms with Crippen molar-refractivity contribution in [2.24, 2.45) is 0 Å². The molecule has 2 aromatic rings. The molecule has 148 valence electrons. The number of hydrogen-bond acceptors (Lipinski definition) is 5. The Morgan fingerprint density at radius 2 is 1.96 bits per heavy atom. The third-order valence-corrected chi connectivity index (χ3v) is 7.37. The number of hydrogen-bond donors (Lipinski definition) is 2. The maximum Gasteiger partial charge on any atom is 0.241 e. The highest BCUT2D eigenvalue weighted by Gasteiger charge is 2.48. The van der Waals surface area contributed by atoms with Crippen LogP contribution >= 0.6 is 0 Å². The summed E-state index contributed by atoms with van der Waals surface area (Å²) in [7, 11) is -3.50. The van der Waals surface area contributed by atoms with Gasteiger partial charge in [-0.25, -0.2) is 13.4 Å². The Kier molecular flexibility index (Phi) is 5.58. The maximum atomic E-state index is 12.8. The SMILES string of the molecule is CC(C)n1c(CCNC(=O)C2(S(C)(=O)=O)CCNCC2)nc2ccccc21. The van der Waals surface area contributed by atoms with Gasteiger partial charge in [0.1, 0.15) is 5.82 Å². The first-order valence-corrected chi connectivity index (χ1v) is 11.3. The standard InChI is InChI=1S/C19H28N4O3S/c1-14(2)23-16-7-5-4-6-15(16)22-17(23)8-11-21-18(24)19(27(3,25)26)9-12-20-13-10-19/h4-7,14,20H,8-13H2,1-3H3,(H,21,24). The molecule has 2 heterocycles. The number of benzene rings is 1. The van der Waals surface area contributed by atoms with Crippen molar-refractivity contribution in [1.29, 1.82) is 0 Å². The van der Waals surface area contributed by atoms with Crippen LogP contribution in [0.4, 0.5) is 0 Å². The summed E-state index contributed by atoms with van der Waals surface area (Å²) in [5.41, 5.74) is 2.00. The molecule has 1 aliphatic rings. The smallest absolute Gasteiger partial charge is 0.241 e. The lowest BCUT2D eigenvalue weighted by Crippen LogP contribution is -2.57. The zero-order valence-electron chi connectivity index (χ0n) is 16.2. The summed E-state index contributed by atoms with van der Waals surface area (Å²) in [4.78, 5) is 17.5. The normalized spacial score (nSPS) is 17.3. The largest absolute Gasteiger partial charge is 0.354 e. The van der Waals surface area contributed by atoms with E-state index >= 15 is 0 Å². The molecule has 7 nitrogen and oxygen atoms in total. The number of nitrogens with one attached hydrogen (secondary N) is 2. The molecule has 27 heavy (non-hydrogen) atoms. The molecule has 3 rings (SSSR count). The highest BCUT2D eigenvalue weighted by atomic mass is 32.2. The third kappa shape index (κ3) is 3.73. The van der Waals surface area contributed by atoms with Crippen LogP contribution in [0.15, 0.2) is 24.3 Å². The van der Waals surface area contributed by atoms with Crippen LogP contribution < -0.4 is 10.6 Å². The number of sulfone groups is 1. The molecule has 0 atom stereocenters. The number of piperidine rings is 1. The van der Waals surface area contributed by atoms with Gasteiger partial charge < -0.3 is 15.2 Å². The lowest BCUT2D eigenvalue weighted by molar-refractivity contribution is -0.124. The van der Waals surface area contributed by atoms with E-state index < -0.39 is 20.5 Å². The van der Waals surface area contributed by atoms with Gasteiger partial charge in [0.05, 0.1) is 11.0 Å². The van der Waals surface area contributed by atoms with Crippen LogP contribution in [-0.4, -0.2) is 54.5 Å². The van der Waals surface area contributed by atoms with E-state index in [1.807, 2.05) is 24.3 Å². The second-order valence-electron chi connectivity index (χ2n) is 7.50. The molecule has 2 N–H and O–H groups in total. The molecule has 1 fully saturated rings. The maximum absolute atomic E-state index is 12.8. The van der Waals surface area contributed by atoms with Gasteiger partial charge in [0, 0.05) is 25.3 Å². The first kappa shape index (κ1) is 19.8. The molecular formula is C19H28N4O3S. The first-order chi connectivity index (χ1) is 12.8. The van der Waals surface area contributed by atoms with Crippen molar-refractivity contribution in [2.45, 2.75) is 43.9 Å². The molecule has 0 unspecified atom stereocenters. The lowest BCUT2D eigenvalue weighted by Gasteiger charge is -2.34. The summed E-state index contributed by atoms with van der Waals surface area (Å²) in [5.74, 6) is 0.504. The van der Waals surface area contributed by atoms with Gasteiger partial charge in [0.25, 0.3) is 0 Å². The molecule has 8 heteroatoms. The molecule has 1 aromatic heterocycles. The Balaban J connectivity index is 1.75. The van der Waals surface area contributed by atoms with Crippen molar-refractivity contribution in [3.05, 3.63) is 30.1 Å². The van der Waals surface area contributed by atoms with Crippen LogP contribution in [0.5, 0.6) is 0 Å². The Labute approximate surface area is 160 Å². The first-order valence-electron chi connectivity index (χ1n) is 9.41. The summed E-state index contributed by atoms with van der Waals surface area (Å²) in [6.45, 7) is 5.63. The number of nitrogens with zero attached hydrogens (tertiary/aromatic N) is 2. The van der Waals surface area contributed by atoms with Gasteiger partial charge >= 0.3 is 0 Å². The van der Waals surface area contributed by atoms with E-state index in [9.17, 15) is 13.2 Å². The number of imidazole rings is 1. The molecular weight excluding hydrogens is 364 g/mol. The Hall–Kier alpha value is -1.93. The lowest BCUT2D eigenvalue weighted by atomic mass is 9.96. The van der Waals surface area contributed by atoms with Gasteiger partial charge in [-0.1, -0.05) is 12.1 Å². The highest BCUT2D eigenvalue weighted by Crippen LogP contribution is 2.28. The molecule has 0 spiro atoms. The summed E-state index contributed by atoms with van der Waals surface area (Å²) in [6, 6.07) is 8.21. The number of amides is 1. The third-order valence-electron chi connectivity index (χ3n) is 5.35. The second-order valence-corrected chi connectivity index (χ2v) is 9.83. The Morgan fingerprint density at radius 3 is 2.59 bits per heavy atom. The fraction of sp³-hybridized carbons (Fsp3) is 0.579. The van der Waals surface area contributed by atoms with Crippen molar-refractivity contribution in [3.8, 4) is 0 Å². The van der Waals surface area contributed by atoms with Crippen molar-refractivity contribution in [2.75, 3.05) is 25.9 Å². The number of carbonyl (C=O) groups is 1. The van der Waals surface area contributed by atoms with E-state index in [0.29, 0.717) is 38.9 Å². The topological polar surface area (TPSA) is 93.1 Å². The van der Waals surface area contributed by atoms with Crippen LogP contribution in [0.1, 0.15) is 38.6 Å². The highest BCUT2D eigenvalue weighted by molar-refractivity contribution is 7.92. The van der Waals surface area contributed by atoms with Gasteiger partial charge in [-0.05, 0) is 51.9 Å². The van der Waals surface area contributed by atoms with Gasteiger partial charge in [-0.15, -0.1) is 0 Å². The molecule has 0 radical (unpaired) electrons. The molecule has 0 bridgehead atoms. The van der Waals surface area contributed by atoms with Crippen LogP contribution in [0.25, 0.3) is 11.0 Å². The minimum atomic E-state index is -3.50. The second kappa shape index (κ2) is 7.59. The zero-order chi connectivity index (χ0) is 19.7. The number of aromatic nitrogens is 2. The van der Waals surface area contributed by atoms with Gasteiger partial charge in [-0.3, -0.25) is 4.79 Å². The number of fused-ring (bicyclic) bond motifs is 1. The summed E-state index contributed by atoms with van der Waals surface area (Å²) in [6.07, 6.45) is 2.33. The van der Waals surface area contributed by atoms with Crippen LogP contribution in [0.2, 0.25) is 0 Å². The fourth-order valence-corrected chi connectivity index (χ4v) is 5.25. The Bertz CT molecular complexity index is 928. The van der Waals surface area contributed by atoms with Gasteiger partial charge in [0.15, 0.2) is 14.6 Å². The average Bonchev–Trinajstić information content (AvgIpc) is 2.99. The van der Waals surface area contributed by atoms with Gasteiger partial charge in [-0.2, -0.15) is 0 Å². The van der Waals surface area contributed by atoms with Gasteiger partial charge in [0.2, 0.25) is 5.91 Å². The van der Waals surface area contributed by atoms with Crippen molar-refractivity contribution < 1.29 is 13.2 Å². The summed E-state index contributed by atoms with van der Waals surface area (Å²) < 4.78 is 25.5. The van der Waals surface area contributed by atoms with Crippen molar-refractivity contribution in [1.82, 2.24) is 20.2 Å². The molecule has 0 saturated carbocycles. The molecule has 1 aromatic carbocycles. The van der Waals surface area contributed by atoms with E-state index in [0.717, 1.165) is 23.1 Å². The van der Waals surface area contributed by atoms with E-state index in [-0.39, 0.29) is 6.04 Å². The minimum absolute atomic E-state index is 0.245. The van der Waals surface area contributed by atoms with Crippen LogP contribution in [-0.2, 0) is 21.1 Å². The molecule has 1 aliphatic heterocycles. The fourth-order valence-electron chi connectivity index (χ4n) is 3.89. The summed E-state index contributed by atoms with van der Waals surface area (Å²) >= 11 is 0. The zero-order valence-corrected chi connectivity index (χ0v) is 17.0. The predicted octanol–water partition coefficient (Wildman–Crippen LogP) is 1.44. The number of carbonyl (C=O) groups excluding carboxylic acids is 1. The monoisotopic (exact) mass is 392 g/mol. The molecule has 1 amide bonds. The van der Waals surface area contributed by atoms with Crippen molar-refractivity contribution >= 4 is 26.8 Å². The Morgan fingerprint density at radius 1 is 1.30 bits per heavy atom. The average molecular weight is 393 g/mol. The van der Waals surface area contributed by atoms with E-state index in [4.69, 9.17) is 4.98 Å². The van der Waals surface area contributed by atoms with E-state index in [1.165, 1.54) is 0 Å². The molecule has 1 saturated heterocycles. The van der Waals surface area contributed by atoms with Crippen LogP contribution in [0.3, 0.4) is 0 Å². The predicted molar refractivity (Wildman–Crippen MR) is 107 cm³/mol. The summed E-state index contributed by atoms with van der Waals surface area (Å²) in [5, 5.41) is 5.98. The van der Waals surface area contributed by atoms with E-state index in [2.05, 4.69) is 29.0 Å². The van der Waals surface area contributed by atoms with Crippen LogP contribution in [0, 0.1) is 0 Å². The number of rotatable bonds is 6. The number of para-hydroxylation sites is 2. The van der Waals surface area contributed by atoms with E-state index in [1.54, 1.807) is 0 Å². The quantitative estimate of drug-likeness (QED) is 0.776. The van der Waals surface area contributed by atoms with Crippen molar-refractivity contribution in [3.63, 3.8) is 0 Å².